The van der Waals surface area contributed by atoms with Crippen LogP contribution >= 0.6 is 0 Å². The largest absolute Gasteiger partial charge is 0.457 e. The Balaban J connectivity index is 1.50. The molecule has 2 heterocycles. The Morgan fingerprint density at radius 2 is 1.68 bits per heavy atom. The van der Waals surface area contributed by atoms with Crippen molar-refractivity contribution >= 4 is 11.8 Å². The van der Waals surface area contributed by atoms with E-state index in [0.29, 0.717) is 17.6 Å². The number of carbonyl (C=O) groups excluding carboxylic acids is 2. The summed E-state index contributed by atoms with van der Waals surface area (Å²) in [6.07, 6.45) is 4.82. The molecule has 0 fully saturated rings. The van der Waals surface area contributed by atoms with E-state index in [0.717, 1.165) is 34.5 Å². The van der Waals surface area contributed by atoms with E-state index in [2.05, 4.69) is 22.4 Å². The van der Waals surface area contributed by atoms with E-state index >= 15 is 0 Å². The lowest BCUT2D eigenvalue weighted by Gasteiger charge is -2.36. The summed E-state index contributed by atoms with van der Waals surface area (Å²) >= 11 is 0. The van der Waals surface area contributed by atoms with E-state index in [4.69, 9.17) is 4.74 Å². The third kappa shape index (κ3) is 4.29. The van der Waals surface area contributed by atoms with E-state index < -0.39 is 11.9 Å². The van der Waals surface area contributed by atoms with Gasteiger partial charge in [-0.1, -0.05) is 60.7 Å². The van der Waals surface area contributed by atoms with E-state index in [1.165, 1.54) is 0 Å². The number of esters is 1. The first-order valence-corrected chi connectivity index (χ1v) is 11.6. The van der Waals surface area contributed by atoms with Crippen LogP contribution in [0.25, 0.3) is 0 Å². The van der Waals surface area contributed by atoms with Crippen LogP contribution in [-0.2, 0) is 20.9 Å². The van der Waals surface area contributed by atoms with Crippen molar-refractivity contribution in [3.8, 4) is 0 Å². The standard InChI is InChI=1S/C29H26N2O3/c1-19-26(29(33)34-18-20-9-4-2-5-10-20)27(22-13-8-14-30-17-22)28-24(31-19)15-23(16-25(28)32)21-11-6-3-7-12-21/h2-14,17,23,27,31H,15-16,18H2,1H3/p+1. The van der Waals surface area contributed by atoms with Gasteiger partial charge in [0.25, 0.3) is 0 Å². The molecule has 3 aromatic rings. The van der Waals surface area contributed by atoms with Crippen LogP contribution in [0.1, 0.15) is 48.3 Å². The lowest BCUT2D eigenvalue weighted by molar-refractivity contribution is -0.378. The number of pyridine rings is 1. The Morgan fingerprint density at radius 3 is 2.38 bits per heavy atom. The van der Waals surface area contributed by atoms with E-state index in [9.17, 15) is 9.59 Å². The van der Waals surface area contributed by atoms with Crippen molar-refractivity contribution in [1.82, 2.24) is 5.32 Å². The molecule has 1 aliphatic heterocycles. The molecule has 170 valence electrons. The average molecular weight is 452 g/mol. The zero-order valence-corrected chi connectivity index (χ0v) is 19.1. The van der Waals surface area contributed by atoms with E-state index in [-0.39, 0.29) is 18.3 Å². The van der Waals surface area contributed by atoms with Crippen molar-refractivity contribution in [2.24, 2.45) is 0 Å². The number of carbonyl (C=O) groups is 2. The molecule has 2 aliphatic rings. The Labute approximate surface area is 199 Å². The van der Waals surface area contributed by atoms with E-state index in [1.54, 1.807) is 0 Å². The first kappa shape index (κ1) is 21.8. The minimum Gasteiger partial charge on any atom is -0.457 e. The Morgan fingerprint density at radius 1 is 0.971 bits per heavy atom. The predicted molar refractivity (Wildman–Crippen MR) is 128 cm³/mol. The van der Waals surface area contributed by atoms with Gasteiger partial charge in [0.05, 0.1) is 11.5 Å². The highest BCUT2D eigenvalue weighted by Crippen LogP contribution is 2.45. The number of Topliss-reactive ketones (excluding diaryl/α,β-unsaturated/α-hetero) is 1. The Hall–Kier alpha value is -3.99. The number of ether oxygens (including phenoxy) is 1. The van der Waals surface area contributed by atoms with Crippen LogP contribution in [0.4, 0.5) is 0 Å². The SMILES string of the molecule is CC1=C(C(=O)OCc2ccccc2)C(c2ccc[nH+]c2)C2=C(CC(c3ccccc3)CC2=O)N1. The normalized spacial score (nSPS) is 20.0. The topological polar surface area (TPSA) is 69.5 Å². The third-order valence-corrected chi connectivity index (χ3v) is 6.60. The second-order valence-electron chi connectivity index (χ2n) is 8.83. The molecule has 0 amide bonds. The quantitative estimate of drug-likeness (QED) is 0.576. The lowest BCUT2D eigenvalue weighted by atomic mass is 9.72. The zero-order chi connectivity index (χ0) is 23.5. The van der Waals surface area contributed by atoms with Gasteiger partial charge in [-0.05, 0) is 36.5 Å². The molecular formula is C29H27N2O3+. The molecule has 1 aromatic heterocycles. The van der Waals surface area contributed by atoms with Crippen LogP contribution in [0.2, 0.25) is 0 Å². The van der Waals surface area contributed by atoms with Crippen LogP contribution in [0.5, 0.6) is 0 Å². The number of hydrogen-bond acceptors (Lipinski definition) is 4. The molecular weight excluding hydrogens is 424 g/mol. The van der Waals surface area contributed by atoms with Gasteiger partial charge in [0, 0.05) is 35.0 Å². The first-order valence-electron chi connectivity index (χ1n) is 11.6. The molecule has 0 bridgehead atoms. The van der Waals surface area contributed by atoms with Crippen molar-refractivity contribution in [1.29, 1.82) is 0 Å². The van der Waals surface area contributed by atoms with Crippen molar-refractivity contribution in [3.63, 3.8) is 0 Å². The number of aromatic nitrogens is 1. The highest BCUT2D eigenvalue weighted by atomic mass is 16.5. The number of ketones is 1. The number of dihydropyridines is 1. The van der Waals surface area contributed by atoms with Gasteiger partial charge in [0.15, 0.2) is 18.2 Å². The molecule has 2 unspecified atom stereocenters. The summed E-state index contributed by atoms with van der Waals surface area (Å²) in [5, 5.41) is 3.40. The third-order valence-electron chi connectivity index (χ3n) is 6.60. The van der Waals surface area contributed by atoms with Gasteiger partial charge in [-0.3, -0.25) is 4.79 Å². The molecule has 34 heavy (non-hydrogen) atoms. The number of H-pyrrole nitrogens is 1. The van der Waals surface area contributed by atoms with Crippen molar-refractivity contribution in [2.45, 2.75) is 38.2 Å². The first-order chi connectivity index (χ1) is 16.6. The summed E-state index contributed by atoms with van der Waals surface area (Å²) in [5.41, 5.74) is 5.73. The summed E-state index contributed by atoms with van der Waals surface area (Å²) in [4.78, 5) is 30.0. The molecule has 2 N–H and O–H groups in total. The van der Waals surface area contributed by atoms with Gasteiger partial charge in [-0.2, -0.15) is 0 Å². The number of allylic oxidation sites excluding steroid dienone is 3. The van der Waals surface area contributed by atoms with Gasteiger partial charge < -0.3 is 10.1 Å². The summed E-state index contributed by atoms with van der Waals surface area (Å²) in [5.74, 6) is -0.701. The lowest BCUT2D eigenvalue weighted by Crippen LogP contribution is -2.36. The molecule has 0 spiro atoms. The maximum absolute atomic E-state index is 13.6. The fraction of sp³-hybridized carbons (Fsp3) is 0.207. The van der Waals surface area contributed by atoms with Gasteiger partial charge in [0.1, 0.15) is 6.61 Å². The van der Waals surface area contributed by atoms with E-state index in [1.807, 2.05) is 80.0 Å². The van der Waals surface area contributed by atoms with Gasteiger partial charge >= 0.3 is 5.97 Å². The Bertz CT molecular complexity index is 1260. The second kappa shape index (κ2) is 9.48. The minimum atomic E-state index is -0.471. The van der Waals surface area contributed by atoms with Crippen LogP contribution in [-0.4, -0.2) is 11.8 Å². The van der Waals surface area contributed by atoms with Crippen LogP contribution in [0.15, 0.2) is 108 Å². The van der Waals surface area contributed by atoms with Crippen LogP contribution < -0.4 is 10.3 Å². The molecule has 5 rings (SSSR count). The Kier molecular flexibility index (Phi) is 6.09. The highest BCUT2D eigenvalue weighted by molar-refractivity contribution is 6.04. The second-order valence-corrected chi connectivity index (χ2v) is 8.83. The summed E-state index contributed by atoms with van der Waals surface area (Å²) in [7, 11) is 0. The molecule has 2 atom stereocenters. The summed E-state index contributed by atoms with van der Waals surface area (Å²) in [6, 6.07) is 23.6. The number of benzene rings is 2. The predicted octanol–water partition coefficient (Wildman–Crippen LogP) is 4.61. The molecule has 2 aromatic carbocycles. The minimum absolute atomic E-state index is 0.0670. The number of rotatable bonds is 5. The van der Waals surface area contributed by atoms with Gasteiger partial charge in [0.2, 0.25) is 0 Å². The monoisotopic (exact) mass is 451 g/mol. The van der Waals surface area contributed by atoms with Gasteiger partial charge in [-0.15, -0.1) is 0 Å². The fourth-order valence-electron chi connectivity index (χ4n) is 4.99. The summed E-state index contributed by atoms with van der Waals surface area (Å²) < 4.78 is 5.71. The zero-order valence-electron chi connectivity index (χ0n) is 19.1. The van der Waals surface area contributed by atoms with Gasteiger partial charge in [-0.25, -0.2) is 9.78 Å². The summed E-state index contributed by atoms with van der Waals surface area (Å²) in [6.45, 7) is 2.07. The van der Waals surface area contributed by atoms with Crippen LogP contribution in [0, 0.1) is 0 Å². The van der Waals surface area contributed by atoms with Crippen molar-refractivity contribution in [3.05, 3.63) is 124 Å². The smallest absolute Gasteiger partial charge is 0.337 e. The molecule has 0 radical (unpaired) electrons. The molecule has 0 saturated heterocycles. The van der Waals surface area contributed by atoms with Crippen molar-refractivity contribution in [2.75, 3.05) is 0 Å². The molecule has 0 saturated carbocycles. The molecule has 1 aliphatic carbocycles. The average Bonchev–Trinajstić information content (AvgIpc) is 2.88. The fourth-order valence-corrected chi connectivity index (χ4v) is 4.99. The maximum Gasteiger partial charge on any atom is 0.337 e. The van der Waals surface area contributed by atoms with Crippen molar-refractivity contribution < 1.29 is 19.3 Å². The number of aromatic amines is 1. The number of hydrogen-bond donors (Lipinski definition) is 1. The molecule has 5 heteroatoms. The highest BCUT2D eigenvalue weighted by Gasteiger charge is 2.42. The molecule has 5 nitrogen and oxygen atoms in total. The number of nitrogens with one attached hydrogen (secondary N) is 2. The maximum atomic E-state index is 13.6. The van der Waals surface area contributed by atoms with Crippen LogP contribution in [0.3, 0.4) is 0 Å².